The van der Waals surface area contributed by atoms with Gasteiger partial charge in [0, 0.05) is 0 Å². The molecule has 0 saturated heterocycles. The van der Waals surface area contributed by atoms with Gasteiger partial charge in [-0.25, -0.2) is 0 Å². The standard InChI is InChI=1S/C59H36.C51H32/c1-2-15-46-37(12-1)24-29-45-36-52(47-16-3-4-20-51(47)58(45)46)44-28-27-41-33-40(25-26-42(41)34-44)38-13-11-14-39(32-38)43-30-31-57-53(35-43)50-19-7-10-23-56(50)59(57)54-21-8-5-17-48(54)49-18-6-9-22-55(49)59;1-2-11-34-28-38(21-20-33(34)10-1)40-25-24-39-30-37(22-23-41(39)31-40)35-12-9-13-36(29-35)42-26-27-46-45-16-5-8-19-49(45)51(50(46)32-42)47-17-6-3-14-43(47)44-15-4-7-18-48(44)51/h1-36H;1-32H. The van der Waals surface area contributed by atoms with Crippen LogP contribution in [-0.2, 0) is 10.8 Å². The van der Waals surface area contributed by atoms with Gasteiger partial charge in [-0.05, 0) is 281 Å². The minimum absolute atomic E-state index is 0.319. The van der Waals surface area contributed by atoms with E-state index in [1.165, 1.54) is 220 Å². The lowest BCUT2D eigenvalue weighted by Gasteiger charge is -2.30. The van der Waals surface area contributed by atoms with Crippen molar-refractivity contribution in [1.29, 1.82) is 0 Å². The summed E-state index contributed by atoms with van der Waals surface area (Å²) in [5.41, 5.74) is 35.8. The molecular formula is C110H68. The van der Waals surface area contributed by atoms with Gasteiger partial charge in [-0.2, -0.15) is 0 Å². The average molecular weight is 1390 g/mol. The van der Waals surface area contributed by atoms with Crippen molar-refractivity contribution in [3.63, 3.8) is 0 Å². The molecule has 0 aromatic heterocycles. The molecule has 0 heteroatoms. The third-order valence-electron chi connectivity index (χ3n) is 24.9. The molecule has 20 aromatic rings. The molecule has 24 rings (SSSR count). The van der Waals surface area contributed by atoms with Gasteiger partial charge in [-0.3, -0.25) is 0 Å². The van der Waals surface area contributed by atoms with Crippen molar-refractivity contribution in [2.24, 2.45) is 0 Å². The van der Waals surface area contributed by atoms with Crippen LogP contribution in [0, 0.1) is 0 Å². The van der Waals surface area contributed by atoms with Crippen molar-refractivity contribution in [2.75, 3.05) is 0 Å². The molecule has 110 heavy (non-hydrogen) atoms. The van der Waals surface area contributed by atoms with Crippen LogP contribution in [0.15, 0.2) is 413 Å². The molecule has 0 bridgehead atoms. The number of hydrogen-bond donors (Lipinski definition) is 0. The summed E-state index contributed by atoms with van der Waals surface area (Å²) in [6.07, 6.45) is 0. The summed E-state index contributed by atoms with van der Waals surface area (Å²) in [4.78, 5) is 0. The van der Waals surface area contributed by atoms with Crippen molar-refractivity contribution in [1.82, 2.24) is 0 Å². The third kappa shape index (κ3) is 9.21. The molecule has 0 nitrogen and oxygen atoms in total. The van der Waals surface area contributed by atoms with Crippen molar-refractivity contribution < 1.29 is 0 Å². The minimum atomic E-state index is -0.337. The summed E-state index contributed by atoms with van der Waals surface area (Å²) in [6.45, 7) is 0. The molecule has 0 radical (unpaired) electrons. The largest absolute Gasteiger partial charge is 0.0725 e. The number of fused-ring (bicyclic) bond motifs is 28. The Bertz CT molecular complexity index is 7190. The monoisotopic (exact) mass is 1390 g/mol. The Morgan fingerprint density at radius 1 is 0.118 bits per heavy atom. The van der Waals surface area contributed by atoms with Crippen molar-refractivity contribution in [2.45, 2.75) is 10.8 Å². The highest BCUT2D eigenvalue weighted by Crippen LogP contribution is 2.65. The number of hydrogen-bond acceptors (Lipinski definition) is 0. The zero-order valence-electron chi connectivity index (χ0n) is 60.3. The SMILES string of the molecule is c1cc(-c2ccc3c(c2)-c2ccccc2C32c3ccccc3-c3ccccc32)cc(-c2ccc3cc(-c4cc5ccc6ccccc6c5c5ccccc45)ccc3c2)c1.c1cc(-c2ccc3c(c2)C2(c4ccccc4-c4ccccc42)c2ccccc2-3)cc(-c2ccc3cc(-c4ccc5ccccc5c4)ccc3c2)c1. The van der Waals surface area contributed by atoms with E-state index in [9.17, 15) is 0 Å². The van der Waals surface area contributed by atoms with E-state index in [-0.39, 0.29) is 10.8 Å². The third-order valence-corrected chi connectivity index (χ3v) is 24.9. The highest BCUT2D eigenvalue weighted by Gasteiger charge is 2.53. The maximum absolute atomic E-state index is 2.47. The van der Waals surface area contributed by atoms with Crippen LogP contribution in [0.2, 0.25) is 0 Å². The van der Waals surface area contributed by atoms with E-state index in [1.54, 1.807) is 0 Å². The van der Waals surface area contributed by atoms with Crippen molar-refractivity contribution >= 4 is 64.6 Å². The normalized spacial score (nSPS) is 13.2. The zero-order valence-corrected chi connectivity index (χ0v) is 60.3. The maximum Gasteiger partial charge on any atom is 0.0725 e. The molecule has 0 amide bonds. The van der Waals surface area contributed by atoms with Crippen LogP contribution in [-0.4, -0.2) is 0 Å². The van der Waals surface area contributed by atoms with Gasteiger partial charge in [-0.1, -0.05) is 352 Å². The van der Waals surface area contributed by atoms with E-state index in [4.69, 9.17) is 0 Å². The highest BCUT2D eigenvalue weighted by molar-refractivity contribution is 6.23. The summed E-state index contributed by atoms with van der Waals surface area (Å²) in [5, 5.41) is 15.3. The predicted octanol–water partition coefficient (Wildman–Crippen LogP) is 29.0. The molecule has 0 unspecified atom stereocenters. The molecule has 4 aliphatic rings. The van der Waals surface area contributed by atoms with Crippen molar-refractivity contribution in [3.05, 3.63) is 457 Å². The quantitative estimate of drug-likeness (QED) is 0.146. The first-order valence-electron chi connectivity index (χ1n) is 38.5. The molecule has 0 aliphatic heterocycles. The molecule has 20 aromatic carbocycles. The van der Waals surface area contributed by atoms with Gasteiger partial charge in [0.15, 0.2) is 0 Å². The minimum Gasteiger partial charge on any atom is -0.0619 e. The lowest BCUT2D eigenvalue weighted by Crippen LogP contribution is -2.25. The molecule has 0 N–H and O–H groups in total. The van der Waals surface area contributed by atoms with Gasteiger partial charge in [0.1, 0.15) is 0 Å². The summed E-state index contributed by atoms with van der Waals surface area (Å²) < 4.78 is 0. The van der Waals surface area contributed by atoms with E-state index < -0.39 is 0 Å². The smallest absolute Gasteiger partial charge is 0.0619 e. The molecule has 0 heterocycles. The Morgan fingerprint density at radius 3 is 0.900 bits per heavy atom. The summed E-state index contributed by atoms with van der Waals surface area (Å²) in [6, 6.07) is 154. The van der Waals surface area contributed by atoms with Crippen LogP contribution in [0.5, 0.6) is 0 Å². The van der Waals surface area contributed by atoms with Gasteiger partial charge in [0.25, 0.3) is 0 Å². The van der Waals surface area contributed by atoms with Crippen LogP contribution in [0.25, 0.3) is 176 Å². The Hall–Kier alpha value is -14.0. The highest BCUT2D eigenvalue weighted by atomic mass is 14.5. The molecule has 2 spiro atoms. The lowest BCUT2D eigenvalue weighted by molar-refractivity contribution is 0.794. The van der Waals surface area contributed by atoms with E-state index in [0.29, 0.717) is 0 Å². The van der Waals surface area contributed by atoms with Gasteiger partial charge in [-0.15, -0.1) is 0 Å². The predicted molar refractivity (Wildman–Crippen MR) is 463 cm³/mol. The maximum atomic E-state index is 2.47. The van der Waals surface area contributed by atoms with Crippen LogP contribution in [0.4, 0.5) is 0 Å². The van der Waals surface area contributed by atoms with E-state index in [1.807, 2.05) is 0 Å². The van der Waals surface area contributed by atoms with Gasteiger partial charge >= 0.3 is 0 Å². The van der Waals surface area contributed by atoms with Gasteiger partial charge < -0.3 is 0 Å². The molecule has 0 fully saturated rings. The Balaban J connectivity index is 0.000000133. The van der Waals surface area contributed by atoms with Crippen LogP contribution >= 0.6 is 0 Å². The van der Waals surface area contributed by atoms with E-state index in [2.05, 4.69) is 413 Å². The molecule has 4 aliphatic carbocycles. The van der Waals surface area contributed by atoms with Crippen LogP contribution in [0.1, 0.15) is 44.5 Å². The second-order valence-corrected chi connectivity index (χ2v) is 30.4. The number of rotatable bonds is 6. The molecular weight excluding hydrogens is 1320 g/mol. The Morgan fingerprint density at radius 2 is 0.409 bits per heavy atom. The zero-order chi connectivity index (χ0) is 72.2. The van der Waals surface area contributed by atoms with Gasteiger partial charge in [0.2, 0.25) is 0 Å². The summed E-state index contributed by atoms with van der Waals surface area (Å²) in [5.74, 6) is 0. The Kier molecular flexibility index (Phi) is 13.7. The Labute approximate surface area is 639 Å². The first kappa shape index (κ1) is 62.2. The first-order chi connectivity index (χ1) is 54.5. The lowest BCUT2D eigenvalue weighted by atomic mass is 9.70. The van der Waals surface area contributed by atoms with E-state index >= 15 is 0 Å². The van der Waals surface area contributed by atoms with Crippen LogP contribution < -0.4 is 0 Å². The molecule has 508 valence electrons. The topological polar surface area (TPSA) is 0 Å². The van der Waals surface area contributed by atoms with Crippen molar-refractivity contribution in [3.8, 4) is 111 Å². The first-order valence-corrected chi connectivity index (χ1v) is 38.5. The summed E-state index contributed by atoms with van der Waals surface area (Å²) >= 11 is 0. The fourth-order valence-corrected chi connectivity index (χ4v) is 20.0. The fourth-order valence-electron chi connectivity index (χ4n) is 20.0. The average Bonchev–Trinajstić information content (AvgIpc) is 1.51. The summed E-state index contributed by atoms with van der Waals surface area (Å²) in [7, 11) is 0. The van der Waals surface area contributed by atoms with Crippen LogP contribution in [0.3, 0.4) is 0 Å². The fraction of sp³-hybridized carbons (Fsp3) is 0.0182. The van der Waals surface area contributed by atoms with Gasteiger partial charge in [0.05, 0.1) is 10.8 Å². The second kappa shape index (κ2) is 24.2. The molecule has 0 atom stereocenters. The second-order valence-electron chi connectivity index (χ2n) is 30.4. The molecule has 0 saturated carbocycles. The van der Waals surface area contributed by atoms with E-state index in [0.717, 1.165) is 0 Å². The number of benzene rings is 20.